The SMILES string of the molecule is COc1cc(C(=O)NCc2cccc(C(=O)NC3(C)CC3)c2)ccc1C1CNNC1. The molecule has 4 rings (SSSR count). The summed E-state index contributed by atoms with van der Waals surface area (Å²) in [7, 11) is 1.62. The zero-order valence-corrected chi connectivity index (χ0v) is 17.4. The Morgan fingerprint density at radius 1 is 1.07 bits per heavy atom. The number of hydrazine groups is 1. The molecular weight excluding hydrogens is 380 g/mol. The van der Waals surface area contributed by atoms with E-state index in [-0.39, 0.29) is 17.4 Å². The van der Waals surface area contributed by atoms with Crippen molar-refractivity contribution in [3.05, 3.63) is 64.7 Å². The zero-order chi connectivity index (χ0) is 21.1. The summed E-state index contributed by atoms with van der Waals surface area (Å²) in [5.74, 6) is 0.775. The van der Waals surface area contributed by atoms with Crippen molar-refractivity contribution in [1.82, 2.24) is 21.5 Å². The molecule has 7 nitrogen and oxygen atoms in total. The smallest absolute Gasteiger partial charge is 0.251 e. The molecule has 1 saturated heterocycles. The lowest BCUT2D eigenvalue weighted by Crippen LogP contribution is -2.34. The molecule has 0 bridgehead atoms. The fourth-order valence-electron chi connectivity index (χ4n) is 3.64. The lowest BCUT2D eigenvalue weighted by atomic mass is 9.97. The average Bonchev–Trinajstić information content (AvgIpc) is 3.25. The molecule has 1 aliphatic carbocycles. The second-order valence-corrected chi connectivity index (χ2v) is 8.31. The number of ether oxygens (including phenoxy) is 1. The van der Waals surface area contributed by atoms with Gasteiger partial charge in [-0.15, -0.1) is 0 Å². The minimum atomic E-state index is -0.178. The van der Waals surface area contributed by atoms with Crippen molar-refractivity contribution in [3.8, 4) is 5.75 Å². The Labute approximate surface area is 176 Å². The van der Waals surface area contributed by atoms with Crippen molar-refractivity contribution in [2.45, 2.75) is 37.8 Å². The molecule has 4 N–H and O–H groups in total. The maximum atomic E-state index is 12.7. The Morgan fingerprint density at radius 3 is 2.50 bits per heavy atom. The molecule has 2 aromatic carbocycles. The number of amides is 2. The minimum absolute atomic E-state index is 0.0584. The van der Waals surface area contributed by atoms with Gasteiger partial charge in [0.15, 0.2) is 0 Å². The van der Waals surface area contributed by atoms with Gasteiger partial charge in [-0.25, -0.2) is 0 Å². The van der Waals surface area contributed by atoms with Crippen LogP contribution in [0.1, 0.15) is 57.5 Å². The van der Waals surface area contributed by atoms with Crippen molar-refractivity contribution < 1.29 is 14.3 Å². The summed E-state index contributed by atoms with van der Waals surface area (Å²) in [4.78, 5) is 25.1. The Morgan fingerprint density at radius 2 is 1.80 bits per heavy atom. The molecule has 1 heterocycles. The minimum Gasteiger partial charge on any atom is -0.496 e. The van der Waals surface area contributed by atoms with Crippen molar-refractivity contribution in [3.63, 3.8) is 0 Å². The summed E-state index contributed by atoms with van der Waals surface area (Å²) in [6, 6.07) is 12.9. The van der Waals surface area contributed by atoms with Crippen LogP contribution in [0, 0.1) is 0 Å². The molecule has 1 aliphatic heterocycles. The van der Waals surface area contributed by atoms with Crippen molar-refractivity contribution >= 4 is 11.8 Å². The Balaban J connectivity index is 1.39. The Kier molecular flexibility index (Phi) is 5.74. The molecule has 2 aromatic rings. The van der Waals surface area contributed by atoms with Gasteiger partial charge in [0.2, 0.25) is 0 Å². The summed E-state index contributed by atoms with van der Waals surface area (Å²) in [6.45, 7) is 4.04. The number of methoxy groups -OCH3 is 1. The molecular formula is C23H28N4O3. The van der Waals surface area contributed by atoms with E-state index >= 15 is 0 Å². The van der Waals surface area contributed by atoms with Crippen LogP contribution in [0.4, 0.5) is 0 Å². The van der Waals surface area contributed by atoms with E-state index in [1.807, 2.05) is 37.3 Å². The van der Waals surface area contributed by atoms with Crippen LogP contribution in [-0.4, -0.2) is 37.6 Å². The molecule has 0 spiro atoms. The van der Waals surface area contributed by atoms with Crippen LogP contribution < -0.4 is 26.2 Å². The van der Waals surface area contributed by atoms with E-state index in [4.69, 9.17) is 4.74 Å². The summed E-state index contributed by atoms with van der Waals surface area (Å²) >= 11 is 0. The monoisotopic (exact) mass is 408 g/mol. The number of benzene rings is 2. The maximum absolute atomic E-state index is 12.7. The van der Waals surface area contributed by atoms with Crippen LogP contribution >= 0.6 is 0 Å². The second-order valence-electron chi connectivity index (χ2n) is 8.31. The quantitative estimate of drug-likeness (QED) is 0.563. The van der Waals surface area contributed by atoms with E-state index < -0.39 is 0 Å². The van der Waals surface area contributed by atoms with Crippen molar-refractivity contribution in [1.29, 1.82) is 0 Å². The summed E-state index contributed by atoms with van der Waals surface area (Å²) < 4.78 is 5.52. The van der Waals surface area contributed by atoms with Crippen molar-refractivity contribution in [2.75, 3.05) is 20.2 Å². The molecule has 1 saturated carbocycles. The number of hydrogen-bond donors (Lipinski definition) is 4. The molecule has 0 radical (unpaired) electrons. The highest BCUT2D eigenvalue weighted by molar-refractivity contribution is 5.96. The van der Waals surface area contributed by atoms with E-state index in [2.05, 4.69) is 21.5 Å². The molecule has 158 valence electrons. The lowest BCUT2D eigenvalue weighted by molar-refractivity contribution is 0.0933. The van der Waals surface area contributed by atoms with E-state index in [0.717, 1.165) is 37.1 Å². The van der Waals surface area contributed by atoms with Crippen LogP contribution in [0.25, 0.3) is 0 Å². The van der Waals surface area contributed by atoms with Gasteiger partial charge in [-0.1, -0.05) is 18.2 Å². The van der Waals surface area contributed by atoms with Gasteiger partial charge in [-0.2, -0.15) is 0 Å². The highest BCUT2D eigenvalue weighted by atomic mass is 16.5. The van der Waals surface area contributed by atoms with Gasteiger partial charge in [0.25, 0.3) is 11.8 Å². The van der Waals surface area contributed by atoms with Gasteiger partial charge in [-0.05, 0) is 55.2 Å². The normalized spacial score (nSPS) is 17.4. The zero-order valence-electron chi connectivity index (χ0n) is 17.4. The number of rotatable bonds is 7. The first kappa shape index (κ1) is 20.4. The van der Waals surface area contributed by atoms with Crippen LogP contribution in [0.2, 0.25) is 0 Å². The van der Waals surface area contributed by atoms with Gasteiger partial charge >= 0.3 is 0 Å². The highest BCUT2D eigenvalue weighted by Crippen LogP contribution is 2.34. The molecule has 2 aliphatic rings. The van der Waals surface area contributed by atoms with E-state index in [1.54, 1.807) is 19.2 Å². The first-order chi connectivity index (χ1) is 14.5. The highest BCUT2D eigenvalue weighted by Gasteiger charge is 2.38. The number of carbonyl (C=O) groups excluding carboxylic acids is 2. The molecule has 2 fully saturated rings. The first-order valence-electron chi connectivity index (χ1n) is 10.3. The molecule has 2 amide bonds. The Bertz CT molecular complexity index is 949. The van der Waals surface area contributed by atoms with Crippen LogP contribution in [0.15, 0.2) is 42.5 Å². The predicted octanol–water partition coefficient (Wildman–Crippen LogP) is 2.10. The molecule has 0 atom stereocenters. The number of carbonyl (C=O) groups is 2. The number of hydrogen-bond acceptors (Lipinski definition) is 5. The van der Waals surface area contributed by atoms with Gasteiger partial charge in [-0.3, -0.25) is 20.4 Å². The summed E-state index contributed by atoms with van der Waals surface area (Å²) in [5, 5.41) is 5.99. The van der Waals surface area contributed by atoms with Gasteiger partial charge < -0.3 is 15.4 Å². The summed E-state index contributed by atoms with van der Waals surface area (Å²) in [6.07, 6.45) is 2.04. The Hall–Kier alpha value is -2.90. The third kappa shape index (κ3) is 4.63. The van der Waals surface area contributed by atoms with E-state index in [9.17, 15) is 9.59 Å². The standard InChI is InChI=1S/C23H28N4O3/c1-23(8-9-23)27-22(29)16-5-3-4-15(10-16)12-24-21(28)17-6-7-19(20(11-17)30-2)18-13-25-26-14-18/h3-7,10-11,18,25-26H,8-9,12-14H2,1-2H3,(H,24,28)(H,27,29). The fourth-order valence-corrected chi connectivity index (χ4v) is 3.64. The van der Waals surface area contributed by atoms with Crippen LogP contribution in [0.3, 0.4) is 0 Å². The van der Waals surface area contributed by atoms with E-state index in [1.165, 1.54) is 0 Å². The van der Waals surface area contributed by atoms with Gasteiger partial charge in [0.05, 0.1) is 7.11 Å². The van der Waals surface area contributed by atoms with E-state index in [0.29, 0.717) is 29.3 Å². The fraction of sp³-hybridized carbons (Fsp3) is 0.391. The largest absolute Gasteiger partial charge is 0.496 e. The number of nitrogens with one attached hydrogen (secondary N) is 4. The molecule has 0 unspecified atom stereocenters. The third-order valence-corrected chi connectivity index (χ3v) is 5.81. The molecule has 0 aromatic heterocycles. The van der Waals surface area contributed by atoms with Crippen LogP contribution in [-0.2, 0) is 6.54 Å². The third-order valence-electron chi connectivity index (χ3n) is 5.81. The van der Waals surface area contributed by atoms with Crippen molar-refractivity contribution in [2.24, 2.45) is 0 Å². The summed E-state index contributed by atoms with van der Waals surface area (Å²) in [5.41, 5.74) is 9.28. The molecule has 30 heavy (non-hydrogen) atoms. The first-order valence-corrected chi connectivity index (χ1v) is 10.3. The average molecular weight is 409 g/mol. The lowest BCUT2D eigenvalue weighted by Gasteiger charge is -2.15. The maximum Gasteiger partial charge on any atom is 0.251 e. The van der Waals surface area contributed by atoms with Gasteiger partial charge in [0.1, 0.15) is 5.75 Å². The van der Waals surface area contributed by atoms with Gasteiger partial charge in [0, 0.05) is 42.2 Å². The molecule has 7 heteroatoms. The van der Waals surface area contributed by atoms with Crippen LogP contribution in [0.5, 0.6) is 5.75 Å². The second kappa shape index (κ2) is 8.45. The topological polar surface area (TPSA) is 91.5 Å². The predicted molar refractivity (Wildman–Crippen MR) is 114 cm³/mol.